The van der Waals surface area contributed by atoms with Crippen LogP contribution in [-0.4, -0.2) is 40.1 Å². The van der Waals surface area contributed by atoms with Gasteiger partial charge in [0.1, 0.15) is 0 Å². The van der Waals surface area contributed by atoms with Gasteiger partial charge < -0.3 is 9.47 Å². The SMILES string of the molecule is O=S(=O)(Cl)CCOCCOC1CCC1. The first kappa shape index (κ1) is 12.2. The summed E-state index contributed by atoms with van der Waals surface area (Å²) in [6.07, 6.45) is 3.91. The van der Waals surface area contributed by atoms with E-state index in [0.717, 1.165) is 12.8 Å². The van der Waals surface area contributed by atoms with Crippen LogP contribution >= 0.6 is 10.7 Å². The maximum absolute atomic E-state index is 10.5. The molecular weight excluding hydrogens is 228 g/mol. The molecule has 0 atom stereocenters. The lowest BCUT2D eigenvalue weighted by Crippen LogP contribution is -2.23. The van der Waals surface area contributed by atoms with Gasteiger partial charge in [-0.15, -0.1) is 0 Å². The van der Waals surface area contributed by atoms with E-state index in [9.17, 15) is 8.42 Å². The second-order valence-corrected chi connectivity index (χ2v) is 6.18. The zero-order chi connectivity index (χ0) is 10.4. The van der Waals surface area contributed by atoms with E-state index < -0.39 is 9.05 Å². The van der Waals surface area contributed by atoms with E-state index in [1.54, 1.807) is 0 Å². The summed E-state index contributed by atoms with van der Waals surface area (Å²) in [5.41, 5.74) is 0. The number of hydrogen-bond acceptors (Lipinski definition) is 4. The highest BCUT2D eigenvalue weighted by atomic mass is 35.7. The summed E-state index contributed by atoms with van der Waals surface area (Å²) in [5, 5.41) is 0. The number of halogens is 1. The van der Waals surface area contributed by atoms with Gasteiger partial charge in [0.25, 0.3) is 0 Å². The van der Waals surface area contributed by atoms with E-state index in [4.69, 9.17) is 20.2 Å². The molecule has 1 fully saturated rings. The molecule has 0 amide bonds. The summed E-state index contributed by atoms with van der Waals surface area (Å²) in [4.78, 5) is 0. The Hall–Kier alpha value is 0.160. The topological polar surface area (TPSA) is 52.6 Å². The molecule has 1 rings (SSSR count). The molecule has 0 spiro atoms. The summed E-state index contributed by atoms with van der Waals surface area (Å²) in [5.74, 6) is -0.141. The van der Waals surface area contributed by atoms with Crippen LogP contribution in [0.4, 0.5) is 0 Å². The number of ether oxygens (including phenoxy) is 2. The summed E-state index contributed by atoms with van der Waals surface area (Å²) in [6.45, 7) is 1.11. The Morgan fingerprint density at radius 2 is 1.93 bits per heavy atom. The van der Waals surface area contributed by atoms with E-state index in [2.05, 4.69) is 0 Å². The maximum Gasteiger partial charge on any atom is 0.234 e. The summed E-state index contributed by atoms with van der Waals surface area (Å²) < 4.78 is 31.4. The normalized spacial score (nSPS) is 18.1. The van der Waals surface area contributed by atoms with Gasteiger partial charge in [-0.1, -0.05) is 0 Å². The fraction of sp³-hybridized carbons (Fsp3) is 1.00. The molecule has 1 aliphatic carbocycles. The predicted octanol–water partition coefficient (Wildman–Crippen LogP) is 1.14. The van der Waals surface area contributed by atoms with Gasteiger partial charge in [0.2, 0.25) is 9.05 Å². The predicted molar refractivity (Wildman–Crippen MR) is 54.0 cm³/mol. The molecule has 0 aromatic heterocycles. The van der Waals surface area contributed by atoms with E-state index in [-0.39, 0.29) is 12.4 Å². The van der Waals surface area contributed by atoms with Gasteiger partial charge in [-0.25, -0.2) is 8.42 Å². The van der Waals surface area contributed by atoms with Crippen LogP contribution in [0.2, 0.25) is 0 Å². The Morgan fingerprint density at radius 3 is 2.43 bits per heavy atom. The van der Waals surface area contributed by atoms with E-state index in [0.29, 0.717) is 19.3 Å². The lowest BCUT2D eigenvalue weighted by molar-refractivity contribution is -0.0267. The van der Waals surface area contributed by atoms with Crippen LogP contribution in [0.15, 0.2) is 0 Å². The highest BCUT2D eigenvalue weighted by Gasteiger charge is 2.17. The number of rotatable bonds is 7. The third-order valence-corrected chi connectivity index (χ3v) is 3.22. The second kappa shape index (κ2) is 5.90. The molecule has 4 nitrogen and oxygen atoms in total. The van der Waals surface area contributed by atoms with Crippen molar-refractivity contribution in [2.24, 2.45) is 0 Å². The second-order valence-electron chi connectivity index (χ2n) is 3.28. The Bertz CT molecular complexity index is 248. The molecule has 0 radical (unpaired) electrons. The summed E-state index contributed by atoms with van der Waals surface area (Å²) in [6, 6.07) is 0. The molecule has 1 saturated carbocycles. The molecule has 0 aromatic carbocycles. The first-order chi connectivity index (χ1) is 6.58. The van der Waals surface area contributed by atoms with Crippen molar-refractivity contribution in [2.45, 2.75) is 25.4 Å². The quantitative estimate of drug-likeness (QED) is 0.496. The van der Waals surface area contributed by atoms with Gasteiger partial charge in [-0.3, -0.25) is 0 Å². The van der Waals surface area contributed by atoms with Gasteiger partial charge in [0, 0.05) is 10.7 Å². The van der Waals surface area contributed by atoms with Crippen molar-refractivity contribution < 1.29 is 17.9 Å². The molecule has 0 heterocycles. The molecule has 1 aliphatic rings. The maximum atomic E-state index is 10.5. The number of hydrogen-bond donors (Lipinski definition) is 0. The highest BCUT2D eigenvalue weighted by Crippen LogP contribution is 2.21. The van der Waals surface area contributed by atoms with Crippen LogP contribution in [0.1, 0.15) is 19.3 Å². The van der Waals surface area contributed by atoms with Gasteiger partial charge in [0.15, 0.2) is 0 Å². The van der Waals surface area contributed by atoms with Crippen molar-refractivity contribution in [2.75, 3.05) is 25.6 Å². The van der Waals surface area contributed by atoms with Gasteiger partial charge in [0.05, 0.1) is 31.7 Å². The highest BCUT2D eigenvalue weighted by molar-refractivity contribution is 8.13. The fourth-order valence-corrected chi connectivity index (χ4v) is 1.58. The minimum absolute atomic E-state index is 0.139. The molecule has 0 N–H and O–H groups in total. The molecule has 6 heteroatoms. The van der Waals surface area contributed by atoms with Gasteiger partial charge in [-0.2, -0.15) is 0 Å². The molecule has 0 unspecified atom stereocenters. The van der Waals surface area contributed by atoms with Crippen LogP contribution in [0.3, 0.4) is 0 Å². The first-order valence-corrected chi connectivity index (χ1v) is 7.17. The molecule has 0 bridgehead atoms. The molecule has 0 aliphatic heterocycles. The molecular formula is C8H15ClO4S. The van der Waals surface area contributed by atoms with Crippen LogP contribution in [0.5, 0.6) is 0 Å². The van der Waals surface area contributed by atoms with Gasteiger partial charge >= 0.3 is 0 Å². The smallest absolute Gasteiger partial charge is 0.234 e. The van der Waals surface area contributed by atoms with E-state index in [1.165, 1.54) is 6.42 Å². The largest absolute Gasteiger partial charge is 0.378 e. The van der Waals surface area contributed by atoms with Crippen molar-refractivity contribution in [1.82, 2.24) is 0 Å². The monoisotopic (exact) mass is 242 g/mol. The Kier molecular flexibility index (Phi) is 5.15. The van der Waals surface area contributed by atoms with E-state index >= 15 is 0 Å². The molecule has 0 aromatic rings. The Labute approximate surface area is 88.9 Å². The van der Waals surface area contributed by atoms with Crippen molar-refractivity contribution in [1.29, 1.82) is 0 Å². The van der Waals surface area contributed by atoms with Crippen molar-refractivity contribution in [3.8, 4) is 0 Å². The Morgan fingerprint density at radius 1 is 1.21 bits per heavy atom. The van der Waals surface area contributed by atoms with Crippen LogP contribution in [0.25, 0.3) is 0 Å². The van der Waals surface area contributed by atoms with Crippen LogP contribution < -0.4 is 0 Å². The lowest BCUT2D eigenvalue weighted by atomic mass is 9.96. The van der Waals surface area contributed by atoms with Crippen molar-refractivity contribution in [3.63, 3.8) is 0 Å². The molecule has 84 valence electrons. The minimum Gasteiger partial charge on any atom is -0.378 e. The first-order valence-electron chi connectivity index (χ1n) is 4.69. The molecule has 14 heavy (non-hydrogen) atoms. The third kappa shape index (κ3) is 5.80. The third-order valence-electron chi connectivity index (χ3n) is 2.10. The van der Waals surface area contributed by atoms with Crippen LogP contribution in [0, 0.1) is 0 Å². The lowest BCUT2D eigenvalue weighted by Gasteiger charge is -2.25. The zero-order valence-corrected chi connectivity index (χ0v) is 9.52. The minimum atomic E-state index is -3.41. The molecule has 0 saturated heterocycles. The van der Waals surface area contributed by atoms with Crippen LogP contribution in [-0.2, 0) is 18.5 Å². The fourth-order valence-electron chi connectivity index (χ4n) is 1.07. The average molecular weight is 243 g/mol. The van der Waals surface area contributed by atoms with Crippen molar-refractivity contribution >= 4 is 19.7 Å². The van der Waals surface area contributed by atoms with Gasteiger partial charge in [-0.05, 0) is 19.3 Å². The summed E-state index contributed by atoms with van der Waals surface area (Å²) >= 11 is 0. The average Bonchev–Trinajstić information content (AvgIpc) is 1.97. The Balaban J connectivity index is 1.84. The van der Waals surface area contributed by atoms with Crippen molar-refractivity contribution in [3.05, 3.63) is 0 Å². The zero-order valence-electron chi connectivity index (χ0n) is 7.95. The summed E-state index contributed by atoms with van der Waals surface area (Å²) in [7, 11) is 1.57. The standard InChI is InChI=1S/C8H15ClO4S/c9-14(10,11)7-6-12-4-5-13-8-2-1-3-8/h8H,1-7H2. The van der Waals surface area contributed by atoms with E-state index in [1.807, 2.05) is 0 Å².